The van der Waals surface area contributed by atoms with Crippen LogP contribution in [0, 0.1) is 11.3 Å². The molecule has 0 aromatic carbocycles. The monoisotopic (exact) mass is 337 g/mol. The minimum atomic E-state index is 0.445. The number of allylic oxidation sites excluding steroid dienone is 2. The minimum Gasteiger partial charge on any atom is -0.303 e. The van der Waals surface area contributed by atoms with Gasteiger partial charge in [0.1, 0.15) is 0 Å². The molecule has 1 atom stereocenters. The normalized spacial score (nSPS) is 14.0. The van der Waals surface area contributed by atoms with Gasteiger partial charge in [0.25, 0.3) is 0 Å². The third-order valence-electron chi connectivity index (χ3n) is 5.31. The maximum absolute atomic E-state index is 2.74. The van der Waals surface area contributed by atoms with Crippen LogP contribution >= 0.6 is 0 Å². The van der Waals surface area contributed by atoms with Crippen molar-refractivity contribution in [2.45, 2.75) is 106 Å². The van der Waals surface area contributed by atoms with Gasteiger partial charge in [-0.1, -0.05) is 85.3 Å². The molecule has 1 nitrogen and oxygen atoms in total. The van der Waals surface area contributed by atoms with E-state index in [0.717, 1.165) is 5.92 Å². The molecule has 0 rings (SSSR count). The van der Waals surface area contributed by atoms with E-state index in [1.165, 1.54) is 83.8 Å². The molecule has 0 aromatic rings. The van der Waals surface area contributed by atoms with Crippen molar-refractivity contribution in [2.75, 3.05) is 19.6 Å². The zero-order valence-corrected chi connectivity index (χ0v) is 17.9. The zero-order valence-electron chi connectivity index (χ0n) is 17.9. The predicted molar refractivity (Wildman–Crippen MR) is 112 cm³/mol. The van der Waals surface area contributed by atoms with E-state index in [0.29, 0.717) is 5.41 Å². The van der Waals surface area contributed by atoms with Crippen molar-refractivity contribution in [3.8, 4) is 0 Å². The summed E-state index contributed by atoms with van der Waals surface area (Å²) in [5, 5.41) is 0. The van der Waals surface area contributed by atoms with Gasteiger partial charge in [-0.05, 0) is 50.5 Å². The van der Waals surface area contributed by atoms with Crippen LogP contribution in [0.3, 0.4) is 0 Å². The Hall–Kier alpha value is -0.300. The fourth-order valence-corrected chi connectivity index (χ4v) is 3.36. The van der Waals surface area contributed by atoms with E-state index in [1.807, 2.05) is 0 Å². The van der Waals surface area contributed by atoms with Gasteiger partial charge in [0.15, 0.2) is 0 Å². The van der Waals surface area contributed by atoms with E-state index >= 15 is 0 Å². The van der Waals surface area contributed by atoms with Gasteiger partial charge in [-0.15, -0.1) is 0 Å². The van der Waals surface area contributed by atoms with Crippen LogP contribution in [-0.4, -0.2) is 24.5 Å². The largest absolute Gasteiger partial charge is 0.303 e. The molecular weight excluding hydrogens is 290 g/mol. The lowest BCUT2D eigenvalue weighted by Gasteiger charge is -2.33. The average Bonchev–Trinajstić information content (AvgIpc) is 2.54. The van der Waals surface area contributed by atoms with Crippen LogP contribution in [0.1, 0.15) is 106 Å². The number of hydrogen-bond acceptors (Lipinski definition) is 1. The van der Waals surface area contributed by atoms with Crippen molar-refractivity contribution >= 4 is 0 Å². The molecule has 0 bridgehead atoms. The Kier molecular flexibility index (Phi) is 14.8. The number of unbranched alkanes of at least 4 members (excludes halogenated alkanes) is 6. The Morgan fingerprint density at radius 1 is 0.958 bits per heavy atom. The van der Waals surface area contributed by atoms with E-state index in [4.69, 9.17) is 0 Å². The molecule has 0 saturated heterocycles. The van der Waals surface area contributed by atoms with Crippen molar-refractivity contribution in [3.63, 3.8) is 0 Å². The van der Waals surface area contributed by atoms with Crippen LogP contribution in [0.15, 0.2) is 12.2 Å². The van der Waals surface area contributed by atoms with Gasteiger partial charge in [-0.25, -0.2) is 0 Å². The summed E-state index contributed by atoms with van der Waals surface area (Å²) in [4.78, 5) is 2.74. The maximum atomic E-state index is 2.74. The molecule has 0 aromatic heterocycles. The summed E-state index contributed by atoms with van der Waals surface area (Å²) in [7, 11) is 0. The number of nitrogens with zero attached hydrogens (tertiary/aromatic N) is 1. The zero-order chi connectivity index (χ0) is 18.3. The Balaban J connectivity index is 4.15. The van der Waals surface area contributed by atoms with Gasteiger partial charge >= 0.3 is 0 Å². The summed E-state index contributed by atoms with van der Waals surface area (Å²) in [6, 6.07) is 0. The molecule has 0 N–H and O–H groups in total. The van der Waals surface area contributed by atoms with Crippen molar-refractivity contribution in [1.29, 1.82) is 0 Å². The molecule has 0 aliphatic heterocycles. The van der Waals surface area contributed by atoms with Crippen LogP contribution in [-0.2, 0) is 0 Å². The summed E-state index contributed by atoms with van der Waals surface area (Å²) in [5.41, 5.74) is 0.445. The Morgan fingerprint density at radius 2 is 1.62 bits per heavy atom. The van der Waals surface area contributed by atoms with E-state index in [1.54, 1.807) is 0 Å². The Labute approximate surface area is 154 Å². The third kappa shape index (κ3) is 14.1. The molecule has 0 fully saturated rings. The predicted octanol–water partition coefficient (Wildman–Crippen LogP) is 7.47. The molecule has 0 radical (unpaired) electrons. The van der Waals surface area contributed by atoms with Crippen LogP contribution in [0.5, 0.6) is 0 Å². The van der Waals surface area contributed by atoms with E-state index in [-0.39, 0.29) is 0 Å². The summed E-state index contributed by atoms with van der Waals surface area (Å²) in [6.07, 6.45) is 18.2. The van der Waals surface area contributed by atoms with Gasteiger partial charge in [0.05, 0.1) is 0 Å². The summed E-state index contributed by atoms with van der Waals surface area (Å²) >= 11 is 0. The molecule has 0 aliphatic rings. The lowest BCUT2D eigenvalue weighted by atomic mass is 9.89. The van der Waals surface area contributed by atoms with Gasteiger partial charge in [-0.2, -0.15) is 0 Å². The molecule has 1 unspecified atom stereocenters. The maximum Gasteiger partial charge on any atom is 0.00327 e. The highest BCUT2D eigenvalue weighted by Gasteiger charge is 2.20. The smallest absolute Gasteiger partial charge is 0.00327 e. The minimum absolute atomic E-state index is 0.445. The first-order valence-electron chi connectivity index (χ1n) is 10.8. The second-order valence-corrected chi connectivity index (χ2v) is 8.63. The lowest BCUT2D eigenvalue weighted by molar-refractivity contribution is 0.150. The van der Waals surface area contributed by atoms with Gasteiger partial charge < -0.3 is 4.90 Å². The second kappa shape index (κ2) is 15.0. The van der Waals surface area contributed by atoms with Crippen LogP contribution in [0.4, 0.5) is 0 Å². The van der Waals surface area contributed by atoms with Crippen molar-refractivity contribution in [3.05, 3.63) is 12.2 Å². The fourth-order valence-electron chi connectivity index (χ4n) is 3.36. The summed E-state index contributed by atoms with van der Waals surface area (Å²) < 4.78 is 0. The van der Waals surface area contributed by atoms with E-state index < -0.39 is 0 Å². The van der Waals surface area contributed by atoms with Gasteiger partial charge in [0, 0.05) is 13.1 Å². The topological polar surface area (TPSA) is 3.24 Å². The van der Waals surface area contributed by atoms with Crippen LogP contribution < -0.4 is 0 Å². The molecule has 144 valence electrons. The third-order valence-corrected chi connectivity index (χ3v) is 5.31. The SMILES string of the molecule is C/C=C/CCCN(CC(C)CCCCCCCC)CC(C)(C)CC. The van der Waals surface area contributed by atoms with Crippen molar-refractivity contribution < 1.29 is 0 Å². The van der Waals surface area contributed by atoms with E-state index in [2.05, 4.69) is 58.6 Å². The number of hydrogen-bond donors (Lipinski definition) is 0. The van der Waals surface area contributed by atoms with Crippen LogP contribution in [0.25, 0.3) is 0 Å². The average molecular weight is 338 g/mol. The molecule has 24 heavy (non-hydrogen) atoms. The van der Waals surface area contributed by atoms with Gasteiger partial charge in [-0.3, -0.25) is 0 Å². The van der Waals surface area contributed by atoms with Gasteiger partial charge in [0.2, 0.25) is 0 Å². The second-order valence-electron chi connectivity index (χ2n) is 8.63. The molecule has 0 spiro atoms. The van der Waals surface area contributed by atoms with Crippen molar-refractivity contribution in [1.82, 2.24) is 4.90 Å². The molecular formula is C23H47N. The van der Waals surface area contributed by atoms with Crippen LogP contribution in [0.2, 0.25) is 0 Å². The Bertz CT molecular complexity index is 292. The highest BCUT2D eigenvalue weighted by Crippen LogP contribution is 2.23. The number of rotatable bonds is 16. The Morgan fingerprint density at radius 3 is 2.25 bits per heavy atom. The highest BCUT2D eigenvalue weighted by molar-refractivity contribution is 4.79. The quantitative estimate of drug-likeness (QED) is 0.208. The molecule has 0 saturated carbocycles. The first-order chi connectivity index (χ1) is 11.4. The lowest BCUT2D eigenvalue weighted by Crippen LogP contribution is -2.37. The fraction of sp³-hybridized carbons (Fsp3) is 0.913. The first-order valence-corrected chi connectivity index (χ1v) is 10.8. The summed E-state index contributed by atoms with van der Waals surface area (Å²) in [5.74, 6) is 0.838. The molecule has 0 amide bonds. The summed E-state index contributed by atoms with van der Waals surface area (Å²) in [6.45, 7) is 17.9. The molecule has 0 heterocycles. The van der Waals surface area contributed by atoms with E-state index in [9.17, 15) is 0 Å². The standard InChI is InChI=1S/C23H47N/c1-7-10-12-14-15-16-18-22(4)20-24(19-17-13-11-8-2)21-23(5,6)9-3/h8,11,22H,7,9-10,12-21H2,1-6H3/b11-8+. The van der Waals surface area contributed by atoms with Crippen molar-refractivity contribution in [2.24, 2.45) is 11.3 Å². The highest BCUT2D eigenvalue weighted by atomic mass is 15.1. The first kappa shape index (κ1) is 23.7. The molecule has 0 aliphatic carbocycles. The molecule has 1 heteroatoms.